The fourth-order valence-corrected chi connectivity index (χ4v) is 2.61. The molecule has 0 amide bonds. The lowest BCUT2D eigenvalue weighted by Crippen LogP contribution is -2.27. The topological polar surface area (TPSA) is 35.5 Å². The van der Waals surface area contributed by atoms with Crippen molar-refractivity contribution in [3.63, 3.8) is 0 Å². The van der Waals surface area contributed by atoms with E-state index in [9.17, 15) is 5.11 Å². The van der Waals surface area contributed by atoms with Crippen molar-refractivity contribution in [3.8, 4) is 0 Å². The van der Waals surface area contributed by atoms with E-state index in [2.05, 4.69) is 47.5 Å². The van der Waals surface area contributed by atoms with Crippen LogP contribution < -0.4 is 5.32 Å². The lowest BCUT2D eigenvalue weighted by atomic mass is 10.1. The summed E-state index contributed by atoms with van der Waals surface area (Å²) in [5.41, 5.74) is 2.62. The summed E-state index contributed by atoms with van der Waals surface area (Å²) >= 11 is 0. The molecule has 0 unspecified atom stereocenters. The quantitative estimate of drug-likeness (QED) is 0.748. The molecule has 110 valence electrons. The number of nitrogens with zero attached hydrogens (tertiary/aromatic N) is 1. The summed E-state index contributed by atoms with van der Waals surface area (Å²) in [5, 5.41) is 12.9. The van der Waals surface area contributed by atoms with Crippen LogP contribution in [0.1, 0.15) is 25.3 Å². The van der Waals surface area contributed by atoms with Gasteiger partial charge >= 0.3 is 0 Å². The Balaban J connectivity index is 1.58. The van der Waals surface area contributed by atoms with Crippen molar-refractivity contribution in [2.75, 3.05) is 32.7 Å². The van der Waals surface area contributed by atoms with Crippen LogP contribution in [0.2, 0.25) is 0 Å². The fraction of sp³-hybridized carbons (Fsp3) is 0.529. The number of hydrogen-bond donors (Lipinski definition) is 2. The SMILES string of the molecule is C/C(=C\c1ccccc1)CNCCCN1CC[C@@H](O)C1. The maximum absolute atomic E-state index is 9.45. The van der Waals surface area contributed by atoms with Gasteiger partial charge in [-0.1, -0.05) is 42.0 Å². The number of benzene rings is 1. The Bertz CT molecular complexity index is 416. The van der Waals surface area contributed by atoms with Gasteiger partial charge in [0.2, 0.25) is 0 Å². The van der Waals surface area contributed by atoms with E-state index in [4.69, 9.17) is 0 Å². The Morgan fingerprint density at radius 2 is 2.20 bits per heavy atom. The zero-order valence-corrected chi connectivity index (χ0v) is 12.4. The molecule has 3 nitrogen and oxygen atoms in total. The van der Waals surface area contributed by atoms with E-state index >= 15 is 0 Å². The summed E-state index contributed by atoms with van der Waals surface area (Å²) in [6.07, 6.45) is 4.21. The second-order valence-corrected chi connectivity index (χ2v) is 5.67. The normalized spacial score (nSPS) is 20.5. The highest BCUT2D eigenvalue weighted by molar-refractivity contribution is 5.52. The summed E-state index contributed by atoms with van der Waals surface area (Å²) in [5.74, 6) is 0. The molecule has 1 aromatic carbocycles. The van der Waals surface area contributed by atoms with E-state index in [1.165, 1.54) is 11.1 Å². The van der Waals surface area contributed by atoms with Gasteiger partial charge in [-0.05, 0) is 38.4 Å². The maximum atomic E-state index is 9.45. The van der Waals surface area contributed by atoms with Gasteiger partial charge in [0.05, 0.1) is 6.10 Å². The number of hydrogen-bond acceptors (Lipinski definition) is 3. The highest BCUT2D eigenvalue weighted by Crippen LogP contribution is 2.08. The predicted molar refractivity (Wildman–Crippen MR) is 84.6 cm³/mol. The molecule has 0 aromatic heterocycles. The van der Waals surface area contributed by atoms with Crippen LogP contribution in [-0.4, -0.2) is 48.8 Å². The van der Waals surface area contributed by atoms with Gasteiger partial charge in [0.25, 0.3) is 0 Å². The molecule has 0 saturated carbocycles. The molecule has 1 fully saturated rings. The van der Waals surface area contributed by atoms with Crippen LogP contribution in [0.4, 0.5) is 0 Å². The smallest absolute Gasteiger partial charge is 0.0679 e. The molecule has 1 aliphatic heterocycles. The van der Waals surface area contributed by atoms with Crippen LogP contribution in [-0.2, 0) is 0 Å². The van der Waals surface area contributed by atoms with Gasteiger partial charge < -0.3 is 15.3 Å². The van der Waals surface area contributed by atoms with Crippen molar-refractivity contribution in [3.05, 3.63) is 41.5 Å². The maximum Gasteiger partial charge on any atom is 0.0679 e. The lowest BCUT2D eigenvalue weighted by Gasteiger charge is -2.14. The van der Waals surface area contributed by atoms with Crippen LogP contribution in [0, 0.1) is 0 Å². The highest BCUT2D eigenvalue weighted by Gasteiger charge is 2.18. The van der Waals surface area contributed by atoms with E-state index < -0.39 is 0 Å². The van der Waals surface area contributed by atoms with Gasteiger partial charge in [0.1, 0.15) is 0 Å². The van der Waals surface area contributed by atoms with Crippen LogP contribution in [0.3, 0.4) is 0 Å². The molecule has 0 spiro atoms. The molecule has 1 heterocycles. The van der Waals surface area contributed by atoms with E-state index in [-0.39, 0.29) is 6.10 Å². The molecule has 1 atom stereocenters. The number of nitrogens with one attached hydrogen (secondary N) is 1. The third-order valence-electron chi connectivity index (χ3n) is 3.69. The summed E-state index contributed by atoms with van der Waals surface area (Å²) in [6.45, 7) is 7.13. The van der Waals surface area contributed by atoms with Gasteiger partial charge in [-0.15, -0.1) is 0 Å². The molecule has 20 heavy (non-hydrogen) atoms. The largest absolute Gasteiger partial charge is 0.392 e. The minimum absolute atomic E-state index is 0.0981. The standard InChI is InChI=1S/C17H26N2O/c1-15(12-16-6-3-2-4-7-16)13-18-9-5-10-19-11-8-17(20)14-19/h2-4,6-7,12,17-18,20H,5,8-11,13-14H2,1H3/b15-12+/t17-/m1/s1. The first-order valence-corrected chi connectivity index (χ1v) is 7.57. The zero-order valence-electron chi connectivity index (χ0n) is 12.4. The summed E-state index contributed by atoms with van der Waals surface area (Å²) in [7, 11) is 0. The Morgan fingerprint density at radius 1 is 1.40 bits per heavy atom. The van der Waals surface area contributed by atoms with Crippen LogP contribution in [0.15, 0.2) is 35.9 Å². The Kier molecular flexibility index (Phi) is 6.25. The Labute approximate surface area is 122 Å². The summed E-state index contributed by atoms with van der Waals surface area (Å²) in [6, 6.07) is 10.4. The molecule has 0 bridgehead atoms. The first kappa shape index (κ1) is 15.2. The minimum atomic E-state index is -0.0981. The molecule has 0 radical (unpaired) electrons. The monoisotopic (exact) mass is 274 g/mol. The first-order chi connectivity index (χ1) is 9.74. The molecule has 1 saturated heterocycles. The number of aliphatic hydroxyl groups is 1. The number of aliphatic hydroxyl groups excluding tert-OH is 1. The van der Waals surface area contributed by atoms with Crippen molar-refractivity contribution in [2.24, 2.45) is 0 Å². The molecule has 1 aromatic rings. The lowest BCUT2D eigenvalue weighted by molar-refractivity contribution is 0.176. The number of rotatable bonds is 7. The van der Waals surface area contributed by atoms with E-state index in [1.54, 1.807) is 0 Å². The molecule has 2 rings (SSSR count). The molecule has 0 aliphatic carbocycles. The Morgan fingerprint density at radius 3 is 2.90 bits per heavy atom. The van der Waals surface area contributed by atoms with Crippen molar-refractivity contribution in [1.82, 2.24) is 10.2 Å². The Hall–Kier alpha value is -1.16. The van der Waals surface area contributed by atoms with E-state index in [0.29, 0.717) is 0 Å². The minimum Gasteiger partial charge on any atom is -0.392 e. The second-order valence-electron chi connectivity index (χ2n) is 5.67. The molecule has 3 heteroatoms. The molecule has 1 aliphatic rings. The van der Waals surface area contributed by atoms with Gasteiger partial charge in [0.15, 0.2) is 0 Å². The van der Waals surface area contributed by atoms with Gasteiger partial charge in [0, 0.05) is 19.6 Å². The van der Waals surface area contributed by atoms with Crippen molar-refractivity contribution in [2.45, 2.75) is 25.9 Å². The van der Waals surface area contributed by atoms with Crippen LogP contribution in [0.5, 0.6) is 0 Å². The van der Waals surface area contributed by atoms with Crippen LogP contribution >= 0.6 is 0 Å². The second kappa shape index (κ2) is 8.20. The molecule has 2 N–H and O–H groups in total. The van der Waals surface area contributed by atoms with Crippen molar-refractivity contribution < 1.29 is 5.11 Å². The van der Waals surface area contributed by atoms with Gasteiger partial charge in [-0.25, -0.2) is 0 Å². The highest BCUT2D eigenvalue weighted by atomic mass is 16.3. The number of likely N-dealkylation sites (tertiary alicyclic amines) is 1. The first-order valence-electron chi connectivity index (χ1n) is 7.57. The fourth-order valence-electron chi connectivity index (χ4n) is 2.61. The third-order valence-corrected chi connectivity index (χ3v) is 3.69. The van der Waals surface area contributed by atoms with Crippen molar-refractivity contribution >= 4 is 6.08 Å². The predicted octanol–water partition coefficient (Wildman–Crippen LogP) is 2.14. The summed E-state index contributed by atoms with van der Waals surface area (Å²) in [4.78, 5) is 2.35. The average Bonchev–Trinajstić information content (AvgIpc) is 2.85. The molecular formula is C17H26N2O. The summed E-state index contributed by atoms with van der Waals surface area (Å²) < 4.78 is 0. The van der Waals surface area contributed by atoms with Gasteiger partial charge in [-0.3, -0.25) is 0 Å². The van der Waals surface area contributed by atoms with E-state index in [0.717, 1.165) is 45.6 Å². The van der Waals surface area contributed by atoms with Crippen LogP contribution in [0.25, 0.3) is 6.08 Å². The third kappa shape index (κ3) is 5.45. The zero-order chi connectivity index (χ0) is 14.2. The molecular weight excluding hydrogens is 248 g/mol. The van der Waals surface area contributed by atoms with E-state index in [1.807, 2.05) is 6.07 Å². The van der Waals surface area contributed by atoms with Gasteiger partial charge in [-0.2, -0.15) is 0 Å². The average molecular weight is 274 g/mol. The van der Waals surface area contributed by atoms with Crippen molar-refractivity contribution in [1.29, 1.82) is 0 Å². The number of β-amino-alcohol motifs (C(OH)–C–C–N with tert-alkyl or cyclic N) is 1.